The predicted molar refractivity (Wildman–Crippen MR) is 115 cm³/mol. The Labute approximate surface area is 191 Å². The molecule has 1 rings (SSSR count). The van der Waals surface area contributed by atoms with Crippen molar-refractivity contribution in [2.24, 2.45) is 0 Å². The number of alkyl halides is 6. The first-order chi connectivity index (χ1) is 15.1. The number of benzene rings is 1. The van der Waals surface area contributed by atoms with Gasteiger partial charge in [0, 0.05) is 25.2 Å². The van der Waals surface area contributed by atoms with Crippen LogP contribution in [-0.4, -0.2) is 45.5 Å². The number of rotatable bonds is 13. The molecule has 0 amide bonds. The van der Waals surface area contributed by atoms with Gasteiger partial charge in [-0.25, -0.2) is 16.8 Å². The highest BCUT2D eigenvalue weighted by Crippen LogP contribution is 2.37. The van der Waals surface area contributed by atoms with E-state index in [4.69, 9.17) is 0 Å². The van der Waals surface area contributed by atoms with Crippen LogP contribution in [0.4, 0.5) is 32.0 Å². The first-order valence-electron chi connectivity index (χ1n) is 10.5. The summed E-state index contributed by atoms with van der Waals surface area (Å²) in [5.41, 5.74) is -11.9. The van der Waals surface area contributed by atoms with E-state index in [1.165, 1.54) is 12.1 Å². The molecule has 5 nitrogen and oxygen atoms in total. The van der Waals surface area contributed by atoms with Gasteiger partial charge in [0.15, 0.2) is 4.58 Å². The third-order valence-corrected chi connectivity index (χ3v) is 9.63. The Morgan fingerprint density at radius 2 is 1.12 bits per heavy atom. The van der Waals surface area contributed by atoms with Crippen molar-refractivity contribution in [3.63, 3.8) is 0 Å². The van der Waals surface area contributed by atoms with Gasteiger partial charge in [0.1, 0.15) is 0 Å². The van der Waals surface area contributed by atoms with E-state index >= 15 is 0 Å². The van der Waals surface area contributed by atoms with Gasteiger partial charge in [0.05, 0.1) is 0 Å². The highest BCUT2D eigenvalue weighted by Gasteiger charge is 2.62. The Morgan fingerprint density at radius 1 is 0.727 bits per heavy atom. The Hall–Kier alpha value is -1.50. The number of halogens is 6. The minimum absolute atomic E-state index is 0.272. The summed E-state index contributed by atoms with van der Waals surface area (Å²) in [7, 11) is -13.3. The zero-order valence-electron chi connectivity index (χ0n) is 18.4. The third-order valence-electron chi connectivity index (χ3n) is 5.10. The van der Waals surface area contributed by atoms with E-state index in [-0.39, 0.29) is 5.56 Å². The van der Waals surface area contributed by atoms with Crippen LogP contribution in [0, 0.1) is 0 Å². The first-order valence-corrected chi connectivity index (χ1v) is 13.6. The zero-order chi connectivity index (χ0) is 25.5. The fourth-order valence-corrected chi connectivity index (χ4v) is 6.60. The topological polar surface area (TPSA) is 71.5 Å². The quantitative estimate of drug-likeness (QED) is 0.247. The van der Waals surface area contributed by atoms with Gasteiger partial charge in [-0.2, -0.15) is 26.3 Å². The molecule has 0 unspecified atom stereocenters. The minimum Gasteiger partial charge on any atom is -0.372 e. The summed E-state index contributed by atoms with van der Waals surface area (Å²) in [5.74, 6) is 0. The average Bonchev–Trinajstić information content (AvgIpc) is 2.69. The minimum atomic E-state index is -6.65. The molecular weight excluding hydrogens is 496 g/mol. The SMILES string of the molecule is CCCCCN(CCCCC)c1ccc(CC(S(=O)(=O)C(F)(F)F)S(=O)(=O)C(F)(F)F)cc1. The molecule has 0 aliphatic carbocycles. The summed E-state index contributed by atoms with van der Waals surface area (Å²) in [6.07, 6.45) is 4.24. The van der Waals surface area contributed by atoms with E-state index in [1.54, 1.807) is 0 Å². The third kappa shape index (κ3) is 7.76. The van der Waals surface area contributed by atoms with Crippen LogP contribution in [0.1, 0.15) is 57.9 Å². The summed E-state index contributed by atoms with van der Waals surface area (Å²) in [4.78, 5) is 2.03. The van der Waals surface area contributed by atoms with E-state index in [0.29, 0.717) is 18.8 Å². The lowest BCUT2D eigenvalue weighted by atomic mass is 10.1. The lowest BCUT2D eigenvalue weighted by Crippen LogP contribution is -2.46. The van der Waals surface area contributed by atoms with Gasteiger partial charge in [-0.05, 0) is 30.5 Å². The molecule has 0 fully saturated rings. The van der Waals surface area contributed by atoms with Gasteiger partial charge >= 0.3 is 11.0 Å². The second-order valence-electron chi connectivity index (χ2n) is 7.68. The molecule has 0 N–H and O–H groups in total. The van der Waals surface area contributed by atoms with Crippen LogP contribution in [0.2, 0.25) is 0 Å². The fourth-order valence-electron chi connectivity index (χ4n) is 3.19. The van der Waals surface area contributed by atoms with Gasteiger partial charge in [0.25, 0.3) is 19.7 Å². The Kier molecular flexibility index (Phi) is 10.5. The molecule has 192 valence electrons. The zero-order valence-corrected chi connectivity index (χ0v) is 20.0. The van der Waals surface area contributed by atoms with Gasteiger partial charge in [-0.1, -0.05) is 51.7 Å². The molecule has 0 saturated carbocycles. The molecule has 0 atom stereocenters. The molecule has 0 aliphatic rings. The smallest absolute Gasteiger partial charge is 0.372 e. The van der Waals surface area contributed by atoms with Crippen molar-refractivity contribution < 1.29 is 43.2 Å². The van der Waals surface area contributed by atoms with Crippen LogP contribution >= 0.6 is 0 Å². The number of unbranched alkanes of at least 4 members (excludes halogenated alkanes) is 4. The van der Waals surface area contributed by atoms with Gasteiger partial charge < -0.3 is 4.90 Å². The maximum absolute atomic E-state index is 12.9. The number of sulfone groups is 2. The van der Waals surface area contributed by atoms with Crippen LogP contribution in [0.3, 0.4) is 0 Å². The fraction of sp³-hybridized carbons (Fsp3) is 0.700. The van der Waals surface area contributed by atoms with Gasteiger partial charge in [0.2, 0.25) is 0 Å². The van der Waals surface area contributed by atoms with Crippen molar-refractivity contribution in [3.05, 3.63) is 29.8 Å². The Morgan fingerprint density at radius 3 is 1.45 bits per heavy atom. The monoisotopic (exact) mass is 525 g/mol. The second kappa shape index (κ2) is 11.8. The lowest BCUT2D eigenvalue weighted by molar-refractivity contribution is -0.0471. The van der Waals surface area contributed by atoms with E-state index < -0.39 is 41.7 Å². The molecule has 33 heavy (non-hydrogen) atoms. The van der Waals surface area contributed by atoms with Crippen molar-refractivity contribution in [3.8, 4) is 0 Å². The summed E-state index contributed by atoms with van der Waals surface area (Å²) >= 11 is 0. The van der Waals surface area contributed by atoms with Gasteiger partial charge in [-0.15, -0.1) is 0 Å². The molecule has 0 spiro atoms. The maximum atomic E-state index is 12.9. The maximum Gasteiger partial charge on any atom is 0.498 e. The van der Waals surface area contributed by atoms with Crippen LogP contribution in [0.5, 0.6) is 0 Å². The summed E-state index contributed by atoms with van der Waals surface area (Å²) in [6.45, 7) is 5.47. The second-order valence-corrected chi connectivity index (χ2v) is 12.2. The summed E-state index contributed by atoms with van der Waals surface area (Å²) in [5, 5.41) is 0. The van der Waals surface area contributed by atoms with Crippen LogP contribution in [0.15, 0.2) is 24.3 Å². The first kappa shape index (κ1) is 29.5. The number of hydrogen-bond acceptors (Lipinski definition) is 5. The molecule has 0 heterocycles. The van der Waals surface area contributed by atoms with E-state index in [9.17, 15) is 43.2 Å². The normalized spacial score (nSPS) is 13.5. The van der Waals surface area contributed by atoms with Gasteiger partial charge in [-0.3, -0.25) is 0 Å². The molecule has 0 saturated heterocycles. The highest BCUT2D eigenvalue weighted by atomic mass is 32.3. The molecule has 1 aromatic carbocycles. The average molecular weight is 526 g/mol. The van der Waals surface area contributed by atoms with E-state index in [1.807, 2.05) is 18.7 Å². The molecule has 13 heteroatoms. The molecule has 0 radical (unpaired) electrons. The van der Waals surface area contributed by atoms with Crippen LogP contribution in [0.25, 0.3) is 0 Å². The summed E-state index contributed by atoms with van der Waals surface area (Å²) in [6, 6.07) is 5.22. The van der Waals surface area contributed by atoms with Crippen molar-refractivity contribution in [2.45, 2.75) is 74.4 Å². The van der Waals surface area contributed by atoms with E-state index in [0.717, 1.165) is 50.7 Å². The van der Waals surface area contributed by atoms with Crippen molar-refractivity contribution in [1.29, 1.82) is 0 Å². The van der Waals surface area contributed by atoms with Crippen LogP contribution < -0.4 is 4.90 Å². The van der Waals surface area contributed by atoms with Crippen molar-refractivity contribution in [2.75, 3.05) is 18.0 Å². The number of anilines is 1. The highest BCUT2D eigenvalue weighted by molar-refractivity contribution is 8.09. The summed E-state index contributed by atoms with van der Waals surface area (Å²) < 4.78 is 121. The van der Waals surface area contributed by atoms with E-state index in [2.05, 4.69) is 0 Å². The molecular formula is C20H29F6NO4S2. The Bertz CT molecular complexity index is 888. The molecule has 1 aromatic rings. The lowest BCUT2D eigenvalue weighted by Gasteiger charge is -2.25. The predicted octanol–water partition coefficient (Wildman–Crippen LogP) is 5.61. The Balaban J connectivity index is 3.25. The molecule has 0 bridgehead atoms. The largest absolute Gasteiger partial charge is 0.498 e. The molecule has 0 aliphatic heterocycles. The number of hydrogen-bond donors (Lipinski definition) is 0. The molecule has 0 aromatic heterocycles. The number of nitrogens with zero attached hydrogens (tertiary/aromatic N) is 1. The van der Waals surface area contributed by atoms with Crippen molar-refractivity contribution in [1.82, 2.24) is 0 Å². The van der Waals surface area contributed by atoms with Crippen LogP contribution in [-0.2, 0) is 26.1 Å². The standard InChI is InChI=1S/C20H29F6NO4S2/c1-3-5-7-13-27(14-8-6-4-2)17-11-9-16(10-12-17)15-18(32(28,29)19(21,22)23)33(30,31)20(24,25)26/h9-12,18H,3-8,13-15H2,1-2H3. The van der Waals surface area contributed by atoms with Crippen molar-refractivity contribution >= 4 is 25.4 Å².